The van der Waals surface area contributed by atoms with Gasteiger partial charge < -0.3 is 5.32 Å². The summed E-state index contributed by atoms with van der Waals surface area (Å²) in [7, 11) is 2.07. The topological polar surface area (TPSA) is 12.0 Å². The van der Waals surface area contributed by atoms with E-state index in [1.165, 1.54) is 48.8 Å². The van der Waals surface area contributed by atoms with Crippen LogP contribution in [0, 0.1) is 19.3 Å². The minimum atomic E-state index is 0.332. The molecule has 1 aromatic rings. The number of nitrogens with one attached hydrogen (secondary N) is 1. The van der Waals surface area contributed by atoms with Gasteiger partial charge in [0.25, 0.3) is 0 Å². The predicted octanol–water partition coefficient (Wildman–Crippen LogP) is 5.19. The van der Waals surface area contributed by atoms with Crippen molar-refractivity contribution in [3.8, 4) is 0 Å². The molecule has 1 atom stereocenters. The summed E-state index contributed by atoms with van der Waals surface area (Å²) in [5.41, 5.74) is 4.21. The van der Waals surface area contributed by atoms with E-state index in [-0.39, 0.29) is 0 Å². The molecule has 2 heteroatoms. The van der Waals surface area contributed by atoms with Crippen molar-refractivity contribution in [2.45, 2.75) is 58.9 Å². The molecule has 0 radical (unpaired) electrons. The third-order valence-electron chi connectivity index (χ3n) is 4.91. The predicted molar refractivity (Wildman–Crippen MR) is 83.9 cm³/mol. The van der Waals surface area contributed by atoms with Gasteiger partial charge in [0.15, 0.2) is 0 Å². The zero-order valence-electron chi connectivity index (χ0n) is 12.6. The molecule has 0 bridgehead atoms. The monoisotopic (exact) mass is 279 g/mol. The van der Waals surface area contributed by atoms with Gasteiger partial charge in [-0.1, -0.05) is 43.9 Å². The van der Waals surface area contributed by atoms with Crippen molar-refractivity contribution in [2.75, 3.05) is 7.05 Å². The normalized spacial score (nSPS) is 20.3. The van der Waals surface area contributed by atoms with Crippen LogP contribution in [0.1, 0.15) is 61.8 Å². The highest BCUT2D eigenvalue weighted by atomic mass is 35.5. The maximum atomic E-state index is 6.52. The Hall–Kier alpha value is -0.530. The number of hydrogen-bond acceptors (Lipinski definition) is 1. The quantitative estimate of drug-likeness (QED) is 0.803. The van der Waals surface area contributed by atoms with Crippen LogP contribution in [0.25, 0.3) is 0 Å². The van der Waals surface area contributed by atoms with Gasteiger partial charge in [0.1, 0.15) is 0 Å². The fourth-order valence-corrected chi connectivity index (χ4v) is 3.88. The Bertz CT molecular complexity index is 447. The van der Waals surface area contributed by atoms with Crippen LogP contribution in [0.5, 0.6) is 0 Å². The van der Waals surface area contributed by atoms with E-state index >= 15 is 0 Å². The molecule has 2 rings (SSSR count). The van der Waals surface area contributed by atoms with Crippen LogP contribution in [-0.2, 0) is 0 Å². The summed E-state index contributed by atoms with van der Waals surface area (Å²) in [6.07, 6.45) is 6.66. The maximum absolute atomic E-state index is 6.52. The van der Waals surface area contributed by atoms with Gasteiger partial charge in [-0.2, -0.15) is 0 Å². The van der Waals surface area contributed by atoms with E-state index in [1.807, 2.05) is 0 Å². The van der Waals surface area contributed by atoms with Crippen molar-refractivity contribution in [3.63, 3.8) is 0 Å². The Labute approximate surface area is 122 Å². The molecular weight excluding hydrogens is 254 g/mol. The molecule has 0 aliphatic heterocycles. The van der Waals surface area contributed by atoms with Gasteiger partial charge in [-0.3, -0.25) is 0 Å². The molecule has 1 aliphatic rings. The third-order valence-corrected chi connectivity index (χ3v) is 5.23. The minimum absolute atomic E-state index is 0.332. The molecule has 1 saturated carbocycles. The van der Waals surface area contributed by atoms with Crippen LogP contribution in [0.4, 0.5) is 0 Å². The lowest BCUT2D eigenvalue weighted by Crippen LogP contribution is -2.36. The van der Waals surface area contributed by atoms with E-state index < -0.39 is 0 Å². The number of benzene rings is 1. The van der Waals surface area contributed by atoms with Crippen molar-refractivity contribution < 1.29 is 0 Å². The molecule has 1 nitrogen and oxygen atoms in total. The SMILES string of the molecule is CNC(c1cc(C)c(C)cc1Cl)C1(C)CCCCC1. The first kappa shape index (κ1) is 14.9. The second-order valence-electron chi connectivity index (χ2n) is 6.39. The Morgan fingerprint density at radius 3 is 2.26 bits per heavy atom. The highest BCUT2D eigenvalue weighted by Gasteiger charge is 2.36. The summed E-state index contributed by atoms with van der Waals surface area (Å²) in [5, 5.41) is 4.44. The highest BCUT2D eigenvalue weighted by Crippen LogP contribution is 2.47. The fourth-order valence-electron chi connectivity index (χ4n) is 3.55. The molecule has 106 valence electrons. The van der Waals surface area contributed by atoms with E-state index in [1.54, 1.807) is 0 Å². The Balaban J connectivity index is 2.39. The average Bonchev–Trinajstić information content (AvgIpc) is 2.37. The second-order valence-corrected chi connectivity index (χ2v) is 6.80. The zero-order chi connectivity index (χ0) is 14.0. The van der Waals surface area contributed by atoms with Crippen LogP contribution in [-0.4, -0.2) is 7.05 Å². The van der Waals surface area contributed by atoms with Crippen LogP contribution in [0.15, 0.2) is 12.1 Å². The van der Waals surface area contributed by atoms with Gasteiger partial charge in [0, 0.05) is 11.1 Å². The number of rotatable bonds is 3. The fraction of sp³-hybridized carbons (Fsp3) is 0.647. The Morgan fingerprint density at radius 2 is 1.68 bits per heavy atom. The van der Waals surface area contributed by atoms with Gasteiger partial charge in [0.05, 0.1) is 0 Å². The Kier molecular flexibility index (Phi) is 4.58. The molecule has 1 aromatic carbocycles. The summed E-state index contributed by atoms with van der Waals surface area (Å²) in [5.74, 6) is 0. The van der Waals surface area contributed by atoms with E-state index in [9.17, 15) is 0 Å². The summed E-state index contributed by atoms with van der Waals surface area (Å²) in [4.78, 5) is 0. The minimum Gasteiger partial charge on any atom is -0.312 e. The lowest BCUT2D eigenvalue weighted by atomic mass is 9.68. The first-order valence-corrected chi connectivity index (χ1v) is 7.79. The van der Waals surface area contributed by atoms with Gasteiger partial charge in [-0.15, -0.1) is 0 Å². The summed E-state index contributed by atoms with van der Waals surface area (Å²) in [6.45, 7) is 6.71. The maximum Gasteiger partial charge on any atom is 0.0456 e. The second kappa shape index (κ2) is 5.85. The standard InChI is InChI=1S/C17H26ClN/c1-12-10-14(15(18)11-13(12)2)16(19-4)17(3)8-6-5-7-9-17/h10-11,16,19H,5-9H2,1-4H3. The molecule has 1 fully saturated rings. The average molecular weight is 280 g/mol. The highest BCUT2D eigenvalue weighted by molar-refractivity contribution is 6.31. The van der Waals surface area contributed by atoms with Gasteiger partial charge in [-0.05, 0) is 61.9 Å². The smallest absolute Gasteiger partial charge is 0.0456 e. The summed E-state index contributed by atoms with van der Waals surface area (Å²) < 4.78 is 0. The molecular formula is C17H26ClN. The van der Waals surface area contributed by atoms with Crippen molar-refractivity contribution in [2.24, 2.45) is 5.41 Å². The molecule has 0 saturated heterocycles. The largest absolute Gasteiger partial charge is 0.312 e. The molecule has 0 amide bonds. The van der Waals surface area contributed by atoms with Crippen molar-refractivity contribution in [3.05, 3.63) is 33.8 Å². The molecule has 0 spiro atoms. The van der Waals surface area contributed by atoms with Crippen molar-refractivity contribution in [1.29, 1.82) is 0 Å². The molecule has 0 heterocycles. The Morgan fingerprint density at radius 1 is 1.11 bits per heavy atom. The van der Waals surface area contributed by atoms with E-state index in [4.69, 9.17) is 11.6 Å². The number of hydrogen-bond donors (Lipinski definition) is 1. The van der Waals surface area contributed by atoms with Crippen LogP contribution in [0.2, 0.25) is 5.02 Å². The summed E-state index contributed by atoms with van der Waals surface area (Å²) in [6, 6.07) is 4.75. The molecule has 19 heavy (non-hydrogen) atoms. The van der Waals surface area contributed by atoms with E-state index in [2.05, 4.69) is 45.3 Å². The third kappa shape index (κ3) is 2.98. The van der Waals surface area contributed by atoms with Gasteiger partial charge in [-0.25, -0.2) is 0 Å². The summed E-state index contributed by atoms with van der Waals surface area (Å²) >= 11 is 6.52. The molecule has 1 unspecified atom stereocenters. The van der Waals surface area contributed by atoms with Gasteiger partial charge >= 0.3 is 0 Å². The number of halogens is 1. The molecule has 0 aromatic heterocycles. The number of aryl methyl sites for hydroxylation is 2. The lowest BCUT2D eigenvalue weighted by molar-refractivity contribution is 0.150. The van der Waals surface area contributed by atoms with Crippen molar-refractivity contribution in [1.82, 2.24) is 5.32 Å². The molecule has 1 aliphatic carbocycles. The molecule has 1 N–H and O–H groups in total. The first-order chi connectivity index (χ1) is 8.98. The zero-order valence-corrected chi connectivity index (χ0v) is 13.4. The van der Waals surface area contributed by atoms with Crippen LogP contribution < -0.4 is 5.32 Å². The van der Waals surface area contributed by atoms with E-state index in [0.29, 0.717) is 11.5 Å². The first-order valence-electron chi connectivity index (χ1n) is 7.42. The lowest BCUT2D eigenvalue weighted by Gasteiger charge is -2.41. The van der Waals surface area contributed by atoms with E-state index in [0.717, 1.165) is 5.02 Å². The van der Waals surface area contributed by atoms with Gasteiger partial charge in [0.2, 0.25) is 0 Å². The van der Waals surface area contributed by atoms with Crippen molar-refractivity contribution >= 4 is 11.6 Å². The van der Waals surface area contributed by atoms with Crippen LogP contribution >= 0.6 is 11.6 Å². The van der Waals surface area contributed by atoms with Crippen LogP contribution in [0.3, 0.4) is 0 Å².